The lowest BCUT2D eigenvalue weighted by atomic mass is 10.1. The quantitative estimate of drug-likeness (QED) is 0.722. The van der Waals surface area contributed by atoms with E-state index in [1.165, 1.54) is 31.5 Å². The van der Waals surface area contributed by atoms with E-state index in [4.69, 9.17) is 0 Å². The minimum absolute atomic E-state index is 0.194. The summed E-state index contributed by atoms with van der Waals surface area (Å²) in [6.07, 6.45) is 2.69. The molecule has 1 atom stereocenters. The second-order valence-electron chi connectivity index (χ2n) is 6.15. The van der Waals surface area contributed by atoms with Crippen LogP contribution in [0.3, 0.4) is 0 Å². The highest BCUT2D eigenvalue weighted by atomic mass is 15.1. The molecule has 0 saturated carbocycles. The summed E-state index contributed by atoms with van der Waals surface area (Å²) in [5.74, 6) is 0.920. The Kier molecular flexibility index (Phi) is 5.00. The van der Waals surface area contributed by atoms with Gasteiger partial charge in [0, 0.05) is 25.2 Å². The van der Waals surface area contributed by atoms with Crippen LogP contribution >= 0.6 is 0 Å². The zero-order chi connectivity index (χ0) is 12.2. The topological polar surface area (TPSA) is 15.3 Å². The number of rotatable bonds is 5. The molecule has 1 aliphatic rings. The van der Waals surface area contributed by atoms with Gasteiger partial charge < -0.3 is 5.32 Å². The van der Waals surface area contributed by atoms with Crippen molar-refractivity contribution in [2.45, 2.75) is 46.1 Å². The number of hydrogen-bond donors (Lipinski definition) is 1. The van der Waals surface area contributed by atoms with E-state index < -0.39 is 0 Å². The minimum atomic E-state index is 0.194. The van der Waals surface area contributed by atoms with E-state index in [-0.39, 0.29) is 5.54 Å². The van der Waals surface area contributed by atoms with E-state index in [2.05, 4.69) is 44.5 Å². The van der Waals surface area contributed by atoms with E-state index in [1.807, 2.05) is 0 Å². The SMILES string of the molecule is C=C(CNC(C)(C)C)CN1CCC(CC)C1. The summed E-state index contributed by atoms with van der Waals surface area (Å²) in [6, 6.07) is 0. The molecule has 0 aromatic rings. The van der Waals surface area contributed by atoms with Crippen LogP contribution in [-0.2, 0) is 0 Å². The van der Waals surface area contributed by atoms with Crippen molar-refractivity contribution in [3.63, 3.8) is 0 Å². The van der Waals surface area contributed by atoms with E-state index in [1.54, 1.807) is 0 Å². The van der Waals surface area contributed by atoms with Crippen molar-refractivity contribution in [1.29, 1.82) is 0 Å². The molecule has 1 aliphatic heterocycles. The highest BCUT2D eigenvalue weighted by molar-refractivity contribution is 5.02. The fourth-order valence-corrected chi connectivity index (χ4v) is 2.15. The van der Waals surface area contributed by atoms with Crippen LogP contribution in [0.15, 0.2) is 12.2 Å². The molecule has 1 unspecified atom stereocenters. The average molecular weight is 224 g/mol. The van der Waals surface area contributed by atoms with Gasteiger partial charge in [-0.05, 0) is 45.2 Å². The second kappa shape index (κ2) is 5.83. The Morgan fingerprint density at radius 1 is 1.44 bits per heavy atom. The standard InChI is InChI=1S/C14H28N2/c1-6-13-7-8-16(11-13)10-12(2)9-15-14(3,4)5/h13,15H,2,6-11H2,1,3-5H3. The molecule has 1 saturated heterocycles. The predicted molar refractivity (Wildman–Crippen MR) is 71.7 cm³/mol. The van der Waals surface area contributed by atoms with Gasteiger partial charge in [0.15, 0.2) is 0 Å². The lowest BCUT2D eigenvalue weighted by Crippen LogP contribution is -2.38. The Labute approximate surface area is 101 Å². The summed E-state index contributed by atoms with van der Waals surface area (Å²) in [7, 11) is 0. The molecule has 1 rings (SSSR count). The Balaban J connectivity index is 2.20. The molecule has 2 heteroatoms. The molecule has 0 spiro atoms. The molecule has 16 heavy (non-hydrogen) atoms. The van der Waals surface area contributed by atoms with E-state index in [0.29, 0.717) is 0 Å². The van der Waals surface area contributed by atoms with Crippen LogP contribution in [0.5, 0.6) is 0 Å². The Morgan fingerprint density at radius 2 is 2.12 bits per heavy atom. The van der Waals surface area contributed by atoms with Crippen LogP contribution in [0, 0.1) is 5.92 Å². The van der Waals surface area contributed by atoms with Crippen molar-refractivity contribution < 1.29 is 0 Å². The lowest BCUT2D eigenvalue weighted by molar-refractivity contribution is 0.341. The Bertz CT molecular complexity index is 227. The molecular formula is C14H28N2. The maximum atomic E-state index is 4.17. The van der Waals surface area contributed by atoms with Gasteiger partial charge in [0.25, 0.3) is 0 Å². The highest BCUT2D eigenvalue weighted by Crippen LogP contribution is 2.19. The third kappa shape index (κ3) is 5.13. The van der Waals surface area contributed by atoms with Crippen molar-refractivity contribution >= 4 is 0 Å². The Morgan fingerprint density at radius 3 is 2.62 bits per heavy atom. The molecule has 0 aliphatic carbocycles. The van der Waals surface area contributed by atoms with Crippen molar-refractivity contribution in [2.75, 3.05) is 26.2 Å². The van der Waals surface area contributed by atoms with Crippen molar-refractivity contribution in [3.05, 3.63) is 12.2 Å². The number of nitrogens with zero attached hydrogens (tertiary/aromatic N) is 1. The summed E-state index contributed by atoms with van der Waals surface area (Å²) >= 11 is 0. The molecule has 94 valence electrons. The zero-order valence-corrected chi connectivity index (χ0v) is 11.5. The van der Waals surface area contributed by atoms with Crippen LogP contribution in [0.1, 0.15) is 40.5 Å². The monoisotopic (exact) mass is 224 g/mol. The third-order valence-corrected chi connectivity index (χ3v) is 3.26. The fraction of sp³-hybridized carbons (Fsp3) is 0.857. The maximum Gasteiger partial charge on any atom is 0.0202 e. The van der Waals surface area contributed by atoms with Crippen LogP contribution in [0.4, 0.5) is 0 Å². The van der Waals surface area contributed by atoms with Crippen LogP contribution < -0.4 is 5.32 Å². The van der Waals surface area contributed by atoms with Crippen LogP contribution in [0.2, 0.25) is 0 Å². The summed E-state index contributed by atoms with van der Waals surface area (Å²) in [4.78, 5) is 2.54. The van der Waals surface area contributed by atoms with Gasteiger partial charge in [0.1, 0.15) is 0 Å². The molecule has 0 aromatic heterocycles. The Hall–Kier alpha value is -0.340. The van der Waals surface area contributed by atoms with E-state index in [9.17, 15) is 0 Å². The molecule has 0 aromatic carbocycles. The third-order valence-electron chi connectivity index (χ3n) is 3.26. The fourth-order valence-electron chi connectivity index (χ4n) is 2.15. The second-order valence-corrected chi connectivity index (χ2v) is 6.15. The van der Waals surface area contributed by atoms with Gasteiger partial charge in [-0.25, -0.2) is 0 Å². The van der Waals surface area contributed by atoms with Gasteiger partial charge in [0.2, 0.25) is 0 Å². The van der Waals surface area contributed by atoms with Gasteiger partial charge >= 0.3 is 0 Å². The first-order valence-electron chi connectivity index (χ1n) is 6.54. The van der Waals surface area contributed by atoms with Gasteiger partial charge in [-0.15, -0.1) is 0 Å². The summed E-state index contributed by atoms with van der Waals surface area (Å²) < 4.78 is 0. The molecule has 0 bridgehead atoms. The predicted octanol–water partition coefficient (Wildman–Crippen LogP) is 2.66. The molecule has 1 N–H and O–H groups in total. The highest BCUT2D eigenvalue weighted by Gasteiger charge is 2.21. The largest absolute Gasteiger partial charge is 0.308 e. The van der Waals surface area contributed by atoms with Crippen LogP contribution in [-0.4, -0.2) is 36.6 Å². The number of likely N-dealkylation sites (tertiary alicyclic amines) is 1. The van der Waals surface area contributed by atoms with Crippen molar-refractivity contribution in [2.24, 2.45) is 5.92 Å². The first kappa shape index (κ1) is 13.7. The average Bonchev–Trinajstić information content (AvgIpc) is 2.61. The number of hydrogen-bond acceptors (Lipinski definition) is 2. The zero-order valence-electron chi connectivity index (χ0n) is 11.5. The van der Waals surface area contributed by atoms with Gasteiger partial charge in [-0.1, -0.05) is 19.9 Å². The summed E-state index contributed by atoms with van der Waals surface area (Å²) in [5.41, 5.74) is 1.51. The first-order valence-corrected chi connectivity index (χ1v) is 6.54. The lowest BCUT2D eigenvalue weighted by Gasteiger charge is -2.23. The van der Waals surface area contributed by atoms with Crippen molar-refractivity contribution in [1.82, 2.24) is 10.2 Å². The van der Waals surface area contributed by atoms with Gasteiger partial charge in [-0.2, -0.15) is 0 Å². The maximum absolute atomic E-state index is 4.17. The van der Waals surface area contributed by atoms with E-state index in [0.717, 1.165) is 19.0 Å². The summed E-state index contributed by atoms with van der Waals surface area (Å²) in [5, 5.41) is 3.49. The molecule has 2 nitrogen and oxygen atoms in total. The normalized spacial score (nSPS) is 22.6. The smallest absolute Gasteiger partial charge is 0.0202 e. The minimum Gasteiger partial charge on any atom is -0.308 e. The molecule has 1 fully saturated rings. The molecule has 0 radical (unpaired) electrons. The molecular weight excluding hydrogens is 196 g/mol. The molecule has 0 amide bonds. The number of nitrogens with one attached hydrogen (secondary N) is 1. The van der Waals surface area contributed by atoms with Crippen molar-refractivity contribution in [3.8, 4) is 0 Å². The van der Waals surface area contributed by atoms with Gasteiger partial charge in [-0.3, -0.25) is 4.90 Å². The first-order chi connectivity index (χ1) is 7.40. The van der Waals surface area contributed by atoms with Gasteiger partial charge in [0.05, 0.1) is 0 Å². The molecule has 1 heterocycles. The van der Waals surface area contributed by atoms with E-state index >= 15 is 0 Å². The van der Waals surface area contributed by atoms with Crippen LogP contribution in [0.25, 0.3) is 0 Å². The summed E-state index contributed by atoms with van der Waals surface area (Å²) in [6.45, 7) is 17.6.